The Morgan fingerprint density at radius 1 is 1.12 bits per heavy atom. The number of carbonyl (C=O) groups is 1. The maximum atomic E-state index is 12.8. The predicted octanol–water partition coefficient (Wildman–Crippen LogP) is 2.26. The number of likely N-dealkylation sites (tertiary alicyclic amines) is 1. The molecule has 0 aromatic carbocycles. The van der Waals surface area contributed by atoms with Gasteiger partial charge >= 0.3 is 0 Å². The number of allylic oxidation sites excluding steroid dienone is 2. The zero-order chi connectivity index (χ0) is 17.9. The smallest absolute Gasteiger partial charge is 0.266 e. The third kappa shape index (κ3) is 3.31. The highest BCUT2D eigenvalue weighted by molar-refractivity contribution is 5.80. The topological polar surface area (TPSA) is 68.1 Å². The predicted molar refractivity (Wildman–Crippen MR) is 98.3 cm³/mol. The number of carbonyl (C=O) groups excluding carboxylic acids is 1. The molecule has 1 fully saturated rings. The van der Waals surface area contributed by atoms with Gasteiger partial charge in [-0.1, -0.05) is 12.2 Å². The van der Waals surface area contributed by atoms with Crippen LogP contribution in [0.25, 0.3) is 11.3 Å². The highest BCUT2D eigenvalue weighted by Crippen LogP contribution is 2.26. The van der Waals surface area contributed by atoms with Crippen molar-refractivity contribution >= 4 is 5.91 Å². The first-order chi connectivity index (χ1) is 12.7. The molecular formula is C20H22N4O2. The van der Waals surface area contributed by atoms with Crippen LogP contribution in [-0.4, -0.2) is 38.2 Å². The molecule has 6 nitrogen and oxygen atoms in total. The number of amides is 1. The maximum absolute atomic E-state index is 12.8. The standard InChI is InChI=1S/C20H22N4O2/c25-19-8-7-18(15-9-11-21-12-10-15)22-24(19)14-17-6-3-13-23(17)20(26)16-4-1-2-5-16/h1-2,7-12,16-17H,3-6,13-14H2. The second-order valence-electron chi connectivity index (χ2n) is 6.94. The van der Waals surface area contributed by atoms with Crippen molar-refractivity contribution in [2.75, 3.05) is 6.54 Å². The Labute approximate surface area is 152 Å². The number of hydrogen-bond acceptors (Lipinski definition) is 4. The fourth-order valence-corrected chi connectivity index (χ4v) is 3.82. The van der Waals surface area contributed by atoms with Gasteiger partial charge in [0.05, 0.1) is 18.3 Å². The van der Waals surface area contributed by atoms with Gasteiger partial charge in [0, 0.05) is 36.5 Å². The SMILES string of the molecule is O=C(C1CC=CC1)N1CCCC1Cn1nc(-c2ccncc2)ccc1=O. The molecule has 26 heavy (non-hydrogen) atoms. The third-order valence-corrected chi connectivity index (χ3v) is 5.24. The Kier molecular flexibility index (Phi) is 4.65. The lowest BCUT2D eigenvalue weighted by molar-refractivity contribution is -0.136. The van der Waals surface area contributed by atoms with E-state index in [9.17, 15) is 9.59 Å². The van der Waals surface area contributed by atoms with Crippen LogP contribution in [-0.2, 0) is 11.3 Å². The first-order valence-corrected chi connectivity index (χ1v) is 9.16. The minimum Gasteiger partial charge on any atom is -0.338 e. The van der Waals surface area contributed by atoms with Crippen LogP contribution in [0.4, 0.5) is 0 Å². The van der Waals surface area contributed by atoms with Crippen LogP contribution in [0.5, 0.6) is 0 Å². The highest BCUT2D eigenvalue weighted by atomic mass is 16.2. The molecule has 2 aromatic heterocycles. The molecule has 1 aliphatic carbocycles. The normalized spacial score (nSPS) is 20.0. The van der Waals surface area contributed by atoms with Crippen molar-refractivity contribution in [1.29, 1.82) is 0 Å². The van der Waals surface area contributed by atoms with Gasteiger partial charge in [-0.15, -0.1) is 0 Å². The third-order valence-electron chi connectivity index (χ3n) is 5.24. The fourth-order valence-electron chi connectivity index (χ4n) is 3.82. The Morgan fingerprint density at radius 2 is 1.88 bits per heavy atom. The van der Waals surface area contributed by atoms with E-state index in [1.807, 2.05) is 17.0 Å². The Balaban J connectivity index is 1.54. The van der Waals surface area contributed by atoms with E-state index in [4.69, 9.17) is 0 Å². The van der Waals surface area contributed by atoms with E-state index in [1.165, 1.54) is 4.68 Å². The average Bonchev–Trinajstić information content (AvgIpc) is 3.36. The highest BCUT2D eigenvalue weighted by Gasteiger charge is 2.33. The van der Waals surface area contributed by atoms with E-state index < -0.39 is 0 Å². The average molecular weight is 350 g/mol. The van der Waals surface area contributed by atoms with Gasteiger partial charge in [0.2, 0.25) is 5.91 Å². The number of hydrogen-bond donors (Lipinski definition) is 0. The summed E-state index contributed by atoms with van der Waals surface area (Å²) in [6.45, 7) is 1.22. The molecule has 0 spiro atoms. The maximum Gasteiger partial charge on any atom is 0.266 e. The van der Waals surface area contributed by atoms with E-state index in [2.05, 4.69) is 22.2 Å². The Bertz CT molecular complexity index is 867. The fraction of sp³-hybridized carbons (Fsp3) is 0.400. The minimum atomic E-state index is -0.135. The first kappa shape index (κ1) is 16.7. The van der Waals surface area contributed by atoms with Crippen molar-refractivity contribution in [3.05, 3.63) is 59.2 Å². The van der Waals surface area contributed by atoms with Gasteiger partial charge in [-0.25, -0.2) is 4.68 Å². The summed E-state index contributed by atoms with van der Waals surface area (Å²) in [5.41, 5.74) is 1.53. The first-order valence-electron chi connectivity index (χ1n) is 9.16. The molecule has 0 bridgehead atoms. The van der Waals surface area contributed by atoms with Crippen LogP contribution in [0.3, 0.4) is 0 Å². The summed E-state index contributed by atoms with van der Waals surface area (Å²) in [6, 6.07) is 7.06. The van der Waals surface area contributed by atoms with Crippen LogP contribution in [0.1, 0.15) is 25.7 Å². The van der Waals surface area contributed by atoms with Gasteiger partial charge in [0.25, 0.3) is 5.56 Å². The summed E-state index contributed by atoms with van der Waals surface area (Å²) in [4.78, 5) is 31.1. The summed E-state index contributed by atoms with van der Waals surface area (Å²) >= 11 is 0. The largest absolute Gasteiger partial charge is 0.338 e. The van der Waals surface area contributed by atoms with Gasteiger partial charge in [-0.2, -0.15) is 5.10 Å². The zero-order valence-electron chi connectivity index (χ0n) is 14.6. The molecular weight excluding hydrogens is 328 g/mol. The molecule has 1 amide bonds. The molecule has 6 heteroatoms. The van der Waals surface area contributed by atoms with Crippen LogP contribution < -0.4 is 5.56 Å². The second kappa shape index (κ2) is 7.23. The van der Waals surface area contributed by atoms with Crippen molar-refractivity contribution in [1.82, 2.24) is 19.7 Å². The lowest BCUT2D eigenvalue weighted by atomic mass is 10.1. The molecule has 2 aliphatic rings. The number of rotatable bonds is 4. The zero-order valence-corrected chi connectivity index (χ0v) is 14.6. The molecule has 1 aliphatic heterocycles. The summed E-state index contributed by atoms with van der Waals surface area (Å²) < 4.78 is 1.50. The summed E-state index contributed by atoms with van der Waals surface area (Å²) in [6.07, 6.45) is 11.1. The molecule has 3 heterocycles. The summed E-state index contributed by atoms with van der Waals surface area (Å²) in [7, 11) is 0. The van der Waals surface area contributed by atoms with Crippen LogP contribution in [0.2, 0.25) is 0 Å². The summed E-state index contributed by atoms with van der Waals surface area (Å²) in [5, 5.41) is 4.52. The van der Waals surface area contributed by atoms with Crippen molar-refractivity contribution in [3.8, 4) is 11.3 Å². The van der Waals surface area contributed by atoms with Gasteiger partial charge in [-0.3, -0.25) is 14.6 Å². The van der Waals surface area contributed by atoms with Crippen molar-refractivity contribution in [3.63, 3.8) is 0 Å². The van der Waals surface area contributed by atoms with Gasteiger partial charge < -0.3 is 4.90 Å². The molecule has 0 saturated carbocycles. The lowest BCUT2D eigenvalue weighted by Crippen LogP contribution is -2.42. The number of aromatic nitrogens is 3. The van der Waals surface area contributed by atoms with E-state index in [0.29, 0.717) is 6.54 Å². The van der Waals surface area contributed by atoms with Crippen LogP contribution >= 0.6 is 0 Å². The van der Waals surface area contributed by atoms with Crippen molar-refractivity contribution < 1.29 is 4.79 Å². The van der Waals surface area contributed by atoms with Gasteiger partial charge in [-0.05, 0) is 43.9 Å². The number of nitrogens with zero attached hydrogens (tertiary/aromatic N) is 4. The number of pyridine rings is 1. The molecule has 1 unspecified atom stereocenters. The molecule has 2 aromatic rings. The summed E-state index contributed by atoms with van der Waals surface area (Å²) in [5.74, 6) is 0.291. The lowest BCUT2D eigenvalue weighted by Gasteiger charge is -2.27. The second-order valence-corrected chi connectivity index (χ2v) is 6.94. The van der Waals surface area contributed by atoms with E-state index >= 15 is 0 Å². The molecule has 0 N–H and O–H groups in total. The Hall–Kier alpha value is -2.76. The molecule has 1 atom stereocenters. The van der Waals surface area contributed by atoms with Gasteiger partial charge in [0.1, 0.15) is 0 Å². The van der Waals surface area contributed by atoms with Crippen LogP contribution in [0.15, 0.2) is 53.6 Å². The van der Waals surface area contributed by atoms with E-state index in [1.54, 1.807) is 24.5 Å². The monoisotopic (exact) mass is 350 g/mol. The minimum absolute atomic E-state index is 0.0426. The van der Waals surface area contributed by atoms with Crippen LogP contribution in [0, 0.1) is 5.92 Å². The van der Waals surface area contributed by atoms with Crippen molar-refractivity contribution in [2.24, 2.45) is 5.92 Å². The van der Waals surface area contributed by atoms with E-state index in [-0.39, 0.29) is 23.4 Å². The molecule has 134 valence electrons. The molecule has 0 radical (unpaired) electrons. The quantitative estimate of drug-likeness (QED) is 0.793. The van der Waals surface area contributed by atoms with Gasteiger partial charge in [0.15, 0.2) is 0 Å². The van der Waals surface area contributed by atoms with Crippen molar-refractivity contribution in [2.45, 2.75) is 38.3 Å². The molecule has 4 rings (SSSR count). The molecule has 1 saturated heterocycles. The van der Waals surface area contributed by atoms with E-state index in [0.717, 1.165) is 43.5 Å². The Morgan fingerprint density at radius 3 is 2.65 bits per heavy atom.